The minimum absolute atomic E-state index is 0.0178. The van der Waals surface area contributed by atoms with Crippen LogP contribution in [0.4, 0.5) is 0 Å². The van der Waals surface area contributed by atoms with E-state index in [0.717, 1.165) is 23.5 Å². The van der Waals surface area contributed by atoms with Crippen LogP contribution in [0.15, 0.2) is 18.2 Å². The zero-order chi connectivity index (χ0) is 11.4. The fourth-order valence-electron chi connectivity index (χ4n) is 1.70. The first kappa shape index (κ1) is 11.2. The highest BCUT2D eigenvalue weighted by Gasteiger charge is 2.14. The number of fused-ring (bicyclic) bond motifs is 1. The SMILES string of the molecule is COCCC(N)c1ccc2c(c1)OCCO2. The van der Waals surface area contributed by atoms with Crippen LogP contribution in [0.1, 0.15) is 18.0 Å². The highest BCUT2D eigenvalue weighted by molar-refractivity contribution is 5.44. The summed E-state index contributed by atoms with van der Waals surface area (Å²) >= 11 is 0. The number of hydrogen-bond donors (Lipinski definition) is 1. The Morgan fingerprint density at radius 1 is 1.31 bits per heavy atom. The van der Waals surface area contributed by atoms with Crippen molar-refractivity contribution in [2.45, 2.75) is 12.5 Å². The highest BCUT2D eigenvalue weighted by atomic mass is 16.6. The third-order valence-corrected chi connectivity index (χ3v) is 2.63. The average Bonchev–Trinajstić information content (AvgIpc) is 2.35. The molecule has 2 N–H and O–H groups in total. The first-order chi connectivity index (χ1) is 7.81. The largest absolute Gasteiger partial charge is 0.486 e. The van der Waals surface area contributed by atoms with Gasteiger partial charge in [-0.2, -0.15) is 0 Å². The van der Waals surface area contributed by atoms with Crippen molar-refractivity contribution in [1.29, 1.82) is 0 Å². The summed E-state index contributed by atoms with van der Waals surface area (Å²) in [5.41, 5.74) is 7.09. The summed E-state index contributed by atoms with van der Waals surface area (Å²) in [6.45, 7) is 1.88. The molecule has 1 aromatic carbocycles. The molecule has 1 unspecified atom stereocenters. The van der Waals surface area contributed by atoms with Crippen LogP contribution in [0.2, 0.25) is 0 Å². The van der Waals surface area contributed by atoms with E-state index in [2.05, 4.69) is 0 Å². The second-order valence-corrected chi connectivity index (χ2v) is 3.79. The molecule has 4 nitrogen and oxygen atoms in total. The molecular weight excluding hydrogens is 206 g/mol. The van der Waals surface area contributed by atoms with Crippen molar-refractivity contribution in [1.82, 2.24) is 0 Å². The third-order valence-electron chi connectivity index (χ3n) is 2.63. The van der Waals surface area contributed by atoms with Crippen LogP contribution in [0.5, 0.6) is 11.5 Å². The van der Waals surface area contributed by atoms with Crippen LogP contribution >= 0.6 is 0 Å². The van der Waals surface area contributed by atoms with Crippen LogP contribution in [0.25, 0.3) is 0 Å². The predicted molar refractivity (Wildman–Crippen MR) is 60.9 cm³/mol. The first-order valence-electron chi connectivity index (χ1n) is 5.45. The van der Waals surface area contributed by atoms with Gasteiger partial charge < -0.3 is 19.9 Å². The molecule has 0 aliphatic carbocycles. The molecule has 1 aliphatic heterocycles. The number of ether oxygens (including phenoxy) is 3. The maximum Gasteiger partial charge on any atom is 0.161 e. The Kier molecular flexibility index (Phi) is 3.64. The Bertz CT molecular complexity index is 354. The molecule has 0 saturated heterocycles. The van der Waals surface area contributed by atoms with Crippen molar-refractivity contribution in [3.63, 3.8) is 0 Å². The fourth-order valence-corrected chi connectivity index (χ4v) is 1.70. The molecule has 0 saturated carbocycles. The van der Waals surface area contributed by atoms with E-state index >= 15 is 0 Å². The van der Waals surface area contributed by atoms with Gasteiger partial charge in [0.25, 0.3) is 0 Å². The summed E-state index contributed by atoms with van der Waals surface area (Å²) in [6.07, 6.45) is 0.802. The quantitative estimate of drug-likeness (QED) is 0.840. The Labute approximate surface area is 95.3 Å². The van der Waals surface area contributed by atoms with Gasteiger partial charge in [-0.25, -0.2) is 0 Å². The minimum Gasteiger partial charge on any atom is -0.486 e. The molecule has 1 atom stereocenters. The van der Waals surface area contributed by atoms with E-state index < -0.39 is 0 Å². The second-order valence-electron chi connectivity index (χ2n) is 3.79. The smallest absolute Gasteiger partial charge is 0.161 e. The predicted octanol–water partition coefficient (Wildman–Crippen LogP) is 1.49. The Balaban J connectivity index is 2.10. The first-order valence-corrected chi connectivity index (χ1v) is 5.45. The summed E-state index contributed by atoms with van der Waals surface area (Å²) in [6, 6.07) is 5.83. The Hall–Kier alpha value is -1.26. The van der Waals surface area contributed by atoms with Gasteiger partial charge in [0.2, 0.25) is 0 Å². The molecule has 0 amide bonds. The van der Waals surface area contributed by atoms with Crippen molar-refractivity contribution < 1.29 is 14.2 Å². The number of nitrogens with two attached hydrogens (primary N) is 1. The lowest BCUT2D eigenvalue weighted by Gasteiger charge is -2.20. The Morgan fingerprint density at radius 2 is 2.06 bits per heavy atom. The number of rotatable bonds is 4. The normalized spacial score (nSPS) is 15.9. The fraction of sp³-hybridized carbons (Fsp3) is 0.500. The van der Waals surface area contributed by atoms with E-state index in [1.807, 2.05) is 18.2 Å². The highest BCUT2D eigenvalue weighted by Crippen LogP contribution is 2.32. The van der Waals surface area contributed by atoms with Crippen LogP contribution in [0.3, 0.4) is 0 Å². The second kappa shape index (κ2) is 5.18. The van der Waals surface area contributed by atoms with Crippen molar-refractivity contribution in [2.24, 2.45) is 5.73 Å². The molecule has 16 heavy (non-hydrogen) atoms. The molecule has 0 spiro atoms. The van der Waals surface area contributed by atoms with Gasteiger partial charge in [0, 0.05) is 19.8 Å². The van der Waals surface area contributed by atoms with Crippen molar-refractivity contribution >= 4 is 0 Å². The van der Waals surface area contributed by atoms with E-state index in [-0.39, 0.29) is 6.04 Å². The van der Waals surface area contributed by atoms with Crippen molar-refractivity contribution in [3.05, 3.63) is 23.8 Å². The third kappa shape index (κ3) is 2.46. The monoisotopic (exact) mass is 223 g/mol. The van der Waals surface area contributed by atoms with Gasteiger partial charge in [-0.3, -0.25) is 0 Å². The van der Waals surface area contributed by atoms with E-state index in [4.69, 9.17) is 19.9 Å². The molecular formula is C12H17NO3. The van der Waals surface area contributed by atoms with Gasteiger partial charge in [-0.15, -0.1) is 0 Å². The summed E-state index contributed by atoms with van der Waals surface area (Å²) < 4.78 is 16.0. The molecule has 4 heteroatoms. The summed E-state index contributed by atoms with van der Waals surface area (Å²) in [4.78, 5) is 0. The average molecular weight is 223 g/mol. The lowest BCUT2D eigenvalue weighted by molar-refractivity contribution is 0.171. The maximum atomic E-state index is 6.04. The zero-order valence-electron chi connectivity index (χ0n) is 9.44. The molecule has 88 valence electrons. The number of hydrogen-bond acceptors (Lipinski definition) is 4. The molecule has 1 heterocycles. The summed E-state index contributed by atoms with van der Waals surface area (Å²) in [7, 11) is 1.68. The van der Waals surface area contributed by atoms with Crippen LogP contribution in [0, 0.1) is 0 Å². The van der Waals surface area contributed by atoms with Gasteiger partial charge in [0.05, 0.1) is 0 Å². The van der Waals surface area contributed by atoms with Gasteiger partial charge in [-0.05, 0) is 24.1 Å². The molecule has 0 radical (unpaired) electrons. The van der Waals surface area contributed by atoms with Crippen LogP contribution in [-0.4, -0.2) is 26.9 Å². The molecule has 1 aromatic rings. The van der Waals surface area contributed by atoms with Gasteiger partial charge in [0.1, 0.15) is 13.2 Å². The molecule has 1 aliphatic rings. The van der Waals surface area contributed by atoms with Crippen molar-refractivity contribution in [2.75, 3.05) is 26.9 Å². The molecule has 2 rings (SSSR count). The van der Waals surface area contributed by atoms with Gasteiger partial charge in [0.15, 0.2) is 11.5 Å². The van der Waals surface area contributed by atoms with Gasteiger partial charge in [-0.1, -0.05) is 6.07 Å². The molecule has 0 aromatic heterocycles. The van der Waals surface area contributed by atoms with Gasteiger partial charge >= 0.3 is 0 Å². The molecule has 0 fully saturated rings. The topological polar surface area (TPSA) is 53.7 Å². The van der Waals surface area contributed by atoms with E-state index in [0.29, 0.717) is 19.8 Å². The lowest BCUT2D eigenvalue weighted by atomic mass is 10.0. The van der Waals surface area contributed by atoms with E-state index in [1.54, 1.807) is 7.11 Å². The minimum atomic E-state index is -0.0178. The standard InChI is InChI=1S/C12H17NO3/c1-14-5-4-10(13)9-2-3-11-12(8-9)16-7-6-15-11/h2-3,8,10H,4-7,13H2,1H3. The van der Waals surface area contributed by atoms with E-state index in [1.165, 1.54) is 0 Å². The lowest BCUT2D eigenvalue weighted by Crippen LogP contribution is -2.17. The Morgan fingerprint density at radius 3 is 2.81 bits per heavy atom. The van der Waals surface area contributed by atoms with Crippen LogP contribution in [-0.2, 0) is 4.74 Å². The van der Waals surface area contributed by atoms with Crippen molar-refractivity contribution in [3.8, 4) is 11.5 Å². The van der Waals surface area contributed by atoms with Crippen LogP contribution < -0.4 is 15.2 Å². The summed E-state index contributed by atoms with van der Waals surface area (Å²) in [5.74, 6) is 1.59. The van der Waals surface area contributed by atoms with E-state index in [9.17, 15) is 0 Å². The molecule has 0 bridgehead atoms. The number of methoxy groups -OCH3 is 1. The number of benzene rings is 1. The maximum absolute atomic E-state index is 6.04. The summed E-state index contributed by atoms with van der Waals surface area (Å²) in [5, 5.41) is 0. The zero-order valence-corrected chi connectivity index (χ0v) is 9.44.